The molecule has 4 heteroatoms. The number of amides is 1. The molecule has 0 spiro atoms. The molecule has 0 unspecified atom stereocenters. The number of ether oxygens (including phenoxy) is 1. The van der Waals surface area contributed by atoms with E-state index < -0.39 is 5.54 Å². The largest absolute Gasteiger partial charge is 0.492 e. The first kappa shape index (κ1) is 14.9. The van der Waals surface area contributed by atoms with Crippen molar-refractivity contribution in [3.8, 4) is 11.8 Å². The van der Waals surface area contributed by atoms with Crippen LogP contribution in [0, 0.1) is 11.3 Å². The number of hydrogen-bond donors (Lipinski definition) is 1. The maximum atomic E-state index is 12.7. The van der Waals surface area contributed by atoms with E-state index in [1.54, 1.807) is 6.07 Å². The molecule has 3 rings (SSSR count). The maximum Gasteiger partial charge on any atom is 0.256 e. The summed E-state index contributed by atoms with van der Waals surface area (Å²) in [5.74, 6) is 0.479. The average Bonchev–Trinajstić information content (AvgIpc) is 2.84. The van der Waals surface area contributed by atoms with Gasteiger partial charge in [-0.1, -0.05) is 45.2 Å². The van der Waals surface area contributed by atoms with Crippen molar-refractivity contribution in [2.45, 2.75) is 56.9 Å². The first-order chi connectivity index (χ1) is 10.5. The van der Waals surface area contributed by atoms with E-state index in [4.69, 9.17) is 4.74 Å². The molecule has 1 aliphatic carbocycles. The average molecular weight is 298 g/mol. The van der Waals surface area contributed by atoms with Crippen molar-refractivity contribution in [2.24, 2.45) is 0 Å². The Balaban J connectivity index is 1.88. The molecular weight excluding hydrogens is 276 g/mol. The summed E-state index contributed by atoms with van der Waals surface area (Å²) in [6, 6.07) is 8.02. The van der Waals surface area contributed by atoms with E-state index in [0.29, 0.717) is 17.9 Å². The van der Waals surface area contributed by atoms with E-state index in [1.165, 1.54) is 0 Å². The van der Waals surface area contributed by atoms with Crippen molar-refractivity contribution < 1.29 is 9.53 Å². The molecule has 1 aromatic carbocycles. The summed E-state index contributed by atoms with van der Waals surface area (Å²) in [7, 11) is 0. The minimum absolute atomic E-state index is 0.0800. The number of nitrogens with one attached hydrogen (secondary N) is 1. The Morgan fingerprint density at radius 1 is 1.27 bits per heavy atom. The number of para-hydroxylation sites is 1. The van der Waals surface area contributed by atoms with E-state index >= 15 is 0 Å². The van der Waals surface area contributed by atoms with Gasteiger partial charge in [-0.15, -0.1) is 0 Å². The van der Waals surface area contributed by atoms with Gasteiger partial charge in [-0.25, -0.2) is 0 Å². The van der Waals surface area contributed by atoms with Gasteiger partial charge in [0.15, 0.2) is 0 Å². The van der Waals surface area contributed by atoms with Crippen LogP contribution < -0.4 is 10.1 Å². The van der Waals surface area contributed by atoms with Gasteiger partial charge in [0.25, 0.3) is 5.91 Å². The molecule has 0 aromatic heterocycles. The molecule has 0 saturated heterocycles. The highest BCUT2D eigenvalue weighted by atomic mass is 16.5. The fourth-order valence-corrected chi connectivity index (χ4v) is 3.44. The van der Waals surface area contributed by atoms with Gasteiger partial charge in [-0.2, -0.15) is 5.26 Å². The smallest absolute Gasteiger partial charge is 0.256 e. The number of hydrogen-bond acceptors (Lipinski definition) is 3. The predicted molar refractivity (Wildman–Crippen MR) is 83.9 cm³/mol. The summed E-state index contributed by atoms with van der Waals surface area (Å²) >= 11 is 0. The normalized spacial score (nSPS) is 21.3. The molecular formula is C18H22N2O2. The second kappa shape index (κ2) is 5.31. The summed E-state index contributed by atoms with van der Waals surface area (Å²) in [5, 5.41) is 12.5. The zero-order chi connectivity index (χ0) is 15.8. The van der Waals surface area contributed by atoms with Crippen molar-refractivity contribution in [1.29, 1.82) is 5.26 Å². The highest BCUT2D eigenvalue weighted by molar-refractivity contribution is 5.98. The highest BCUT2D eigenvalue weighted by Crippen LogP contribution is 2.40. The molecule has 0 atom stereocenters. The standard InChI is InChI=1S/C18H22N2O2/c1-17(2)12-22-15-13(7-6-8-14(15)17)16(21)20-18(11-19)9-4-3-5-10-18/h6-8H,3-5,9-10,12H2,1-2H3,(H,20,21). The van der Waals surface area contributed by atoms with Crippen molar-refractivity contribution in [3.63, 3.8) is 0 Å². The van der Waals surface area contributed by atoms with Crippen molar-refractivity contribution in [1.82, 2.24) is 5.32 Å². The van der Waals surface area contributed by atoms with E-state index in [2.05, 4.69) is 25.2 Å². The Hall–Kier alpha value is -2.02. The van der Waals surface area contributed by atoms with E-state index in [1.807, 2.05) is 12.1 Å². The first-order valence-corrected chi connectivity index (χ1v) is 7.98. The molecule has 1 amide bonds. The second-order valence-electron chi connectivity index (χ2n) is 7.06. The molecule has 22 heavy (non-hydrogen) atoms. The van der Waals surface area contributed by atoms with Crippen LogP contribution in [0.4, 0.5) is 0 Å². The van der Waals surface area contributed by atoms with E-state index in [0.717, 1.165) is 37.7 Å². The van der Waals surface area contributed by atoms with Crippen LogP contribution >= 0.6 is 0 Å². The number of carbonyl (C=O) groups excluding carboxylic acids is 1. The van der Waals surface area contributed by atoms with Gasteiger partial charge in [0.2, 0.25) is 0 Å². The molecule has 116 valence electrons. The van der Waals surface area contributed by atoms with Gasteiger partial charge in [0.1, 0.15) is 11.3 Å². The van der Waals surface area contributed by atoms with Crippen LogP contribution in [-0.4, -0.2) is 18.1 Å². The monoisotopic (exact) mass is 298 g/mol. The van der Waals surface area contributed by atoms with Crippen LogP contribution in [-0.2, 0) is 5.41 Å². The zero-order valence-electron chi connectivity index (χ0n) is 13.2. The Labute approximate surface area is 131 Å². The van der Waals surface area contributed by atoms with Gasteiger partial charge in [0.05, 0.1) is 18.2 Å². The molecule has 2 aliphatic rings. The number of nitrogens with zero attached hydrogens (tertiary/aromatic N) is 1. The van der Waals surface area contributed by atoms with Gasteiger partial charge in [0, 0.05) is 11.0 Å². The Morgan fingerprint density at radius 3 is 2.68 bits per heavy atom. The van der Waals surface area contributed by atoms with E-state index in [9.17, 15) is 10.1 Å². The Kier molecular flexibility index (Phi) is 3.60. The topological polar surface area (TPSA) is 62.1 Å². The summed E-state index contributed by atoms with van der Waals surface area (Å²) in [6.45, 7) is 4.80. The molecule has 0 radical (unpaired) electrons. The predicted octanol–water partition coefficient (Wildman–Crippen LogP) is 3.31. The third-order valence-corrected chi connectivity index (χ3v) is 4.84. The molecule has 1 N–H and O–H groups in total. The van der Waals surface area contributed by atoms with Gasteiger partial charge < -0.3 is 10.1 Å². The Morgan fingerprint density at radius 2 is 2.00 bits per heavy atom. The minimum Gasteiger partial charge on any atom is -0.492 e. The summed E-state index contributed by atoms with van der Waals surface area (Å²) in [4.78, 5) is 12.7. The molecule has 1 heterocycles. The van der Waals surface area contributed by atoms with Crippen LogP contribution in [0.1, 0.15) is 61.9 Å². The number of carbonyl (C=O) groups is 1. The highest BCUT2D eigenvalue weighted by Gasteiger charge is 2.37. The van der Waals surface area contributed by atoms with Gasteiger partial charge in [-0.3, -0.25) is 4.79 Å². The summed E-state index contributed by atoms with van der Waals surface area (Å²) in [5.41, 5.74) is 0.813. The van der Waals surface area contributed by atoms with Crippen LogP contribution in [0.25, 0.3) is 0 Å². The second-order valence-corrected chi connectivity index (χ2v) is 7.06. The molecule has 0 bridgehead atoms. The third-order valence-electron chi connectivity index (χ3n) is 4.84. The lowest BCUT2D eigenvalue weighted by Gasteiger charge is -2.31. The quantitative estimate of drug-likeness (QED) is 0.911. The third kappa shape index (κ3) is 2.45. The van der Waals surface area contributed by atoms with Gasteiger partial charge >= 0.3 is 0 Å². The molecule has 1 fully saturated rings. The fourth-order valence-electron chi connectivity index (χ4n) is 3.44. The molecule has 1 aliphatic heterocycles. The van der Waals surface area contributed by atoms with Crippen LogP contribution in [0.3, 0.4) is 0 Å². The number of nitriles is 1. The minimum atomic E-state index is -0.716. The number of benzene rings is 1. The van der Waals surface area contributed by atoms with Crippen molar-refractivity contribution >= 4 is 5.91 Å². The lowest BCUT2D eigenvalue weighted by atomic mass is 9.82. The lowest BCUT2D eigenvalue weighted by Crippen LogP contribution is -2.48. The zero-order valence-corrected chi connectivity index (χ0v) is 13.2. The molecule has 4 nitrogen and oxygen atoms in total. The molecule has 1 aromatic rings. The van der Waals surface area contributed by atoms with Crippen molar-refractivity contribution in [2.75, 3.05) is 6.61 Å². The first-order valence-electron chi connectivity index (χ1n) is 7.98. The fraction of sp³-hybridized carbons (Fsp3) is 0.556. The SMILES string of the molecule is CC1(C)COc2c(C(=O)NC3(C#N)CCCCC3)cccc21. The number of fused-ring (bicyclic) bond motifs is 1. The van der Waals surface area contributed by atoms with Gasteiger partial charge in [-0.05, 0) is 18.9 Å². The lowest BCUT2D eigenvalue weighted by molar-refractivity contribution is 0.0899. The Bertz CT molecular complexity index is 637. The summed E-state index contributed by atoms with van der Waals surface area (Å²) < 4.78 is 5.78. The summed E-state index contributed by atoms with van der Waals surface area (Å²) in [6.07, 6.45) is 4.58. The van der Waals surface area contributed by atoms with Crippen LogP contribution in [0.5, 0.6) is 5.75 Å². The van der Waals surface area contributed by atoms with Crippen LogP contribution in [0.2, 0.25) is 0 Å². The number of rotatable bonds is 2. The van der Waals surface area contributed by atoms with Crippen LogP contribution in [0.15, 0.2) is 18.2 Å². The van der Waals surface area contributed by atoms with Crippen molar-refractivity contribution in [3.05, 3.63) is 29.3 Å². The van der Waals surface area contributed by atoms with E-state index in [-0.39, 0.29) is 11.3 Å². The molecule has 1 saturated carbocycles. The maximum absolute atomic E-state index is 12.7.